The van der Waals surface area contributed by atoms with Crippen LogP contribution in [-0.2, 0) is 10.7 Å². The highest BCUT2D eigenvalue weighted by molar-refractivity contribution is 5.86. The Kier molecular flexibility index (Phi) is 5.71. The first-order valence-electron chi connectivity index (χ1n) is 6.76. The van der Waals surface area contributed by atoms with E-state index in [1.165, 1.54) is 19.2 Å². The first kappa shape index (κ1) is 18.2. The van der Waals surface area contributed by atoms with E-state index in [4.69, 9.17) is 14.6 Å². The number of benzene rings is 1. The second-order valence-electron chi connectivity index (χ2n) is 5.72. The van der Waals surface area contributed by atoms with Gasteiger partial charge in [0, 0.05) is 24.7 Å². The number of rotatable bonds is 5. The van der Waals surface area contributed by atoms with Crippen molar-refractivity contribution in [3.63, 3.8) is 0 Å². The molecule has 7 heteroatoms. The molecule has 0 unspecified atom stereocenters. The Morgan fingerprint density at radius 1 is 1.32 bits per heavy atom. The van der Waals surface area contributed by atoms with Crippen LogP contribution in [0.5, 0.6) is 5.75 Å². The topological polar surface area (TPSA) is 67.8 Å². The number of amides is 1. The molecule has 0 aromatic heterocycles. The Balaban J connectivity index is 3.12. The van der Waals surface area contributed by atoms with Crippen molar-refractivity contribution in [3.05, 3.63) is 23.8 Å². The number of aliphatic hydroxyl groups excluding tert-OH is 1. The molecule has 0 heterocycles. The molecule has 0 aliphatic rings. The first-order valence-corrected chi connectivity index (χ1v) is 6.76. The fourth-order valence-electron chi connectivity index (χ4n) is 1.76. The lowest BCUT2D eigenvalue weighted by Crippen LogP contribution is -2.28. The van der Waals surface area contributed by atoms with Crippen LogP contribution in [0.4, 0.5) is 19.3 Å². The molecule has 0 aliphatic heterocycles. The van der Waals surface area contributed by atoms with Crippen LogP contribution in [0, 0.1) is 0 Å². The van der Waals surface area contributed by atoms with Crippen LogP contribution in [0.2, 0.25) is 0 Å². The average molecular weight is 317 g/mol. The lowest BCUT2D eigenvalue weighted by molar-refractivity contribution is -0.0262. The third kappa shape index (κ3) is 5.14. The molecule has 1 aromatic rings. The molecule has 2 N–H and O–H groups in total. The number of halogens is 2. The summed E-state index contributed by atoms with van der Waals surface area (Å²) >= 11 is 0. The summed E-state index contributed by atoms with van der Waals surface area (Å²) in [7, 11) is 1.39. The van der Waals surface area contributed by atoms with Gasteiger partial charge in [-0.05, 0) is 32.9 Å². The molecule has 124 valence electrons. The molecule has 0 saturated heterocycles. The zero-order valence-corrected chi connectivity index (χ0v) is 13.1. The minimum absolute atomic E-state index is 0.118. The number of nitrogens with one attached hydrogen (secondary N) is 1. The van der Waals surface area contributed by atoms with Gasteiger partial charge in [-0.15, -0.1) is 0 Å². The maximum atomic E-state index is 14.0. The predicted molar refractivity (Wildman–Crippen MR) is 78.4 cm³/mol. The Morgan fingerprint density at radius 2 is 1.95 bits per heavy atom. The van der Waals surface area contributed by atoms with Gasteiger partial charge in [0.1, 0.15) is 11.4 Å². The summed E-state index contributed by atoms with van der Waals surface area (Å²) in [6.07, 6.45) is -1.59. The van der Waals surface area contributed by atoms with E-state index in [2.05, 4.69) is 5.32 Å². The summed E-state index contributed by atoms with van der Waals surface area (Å²) in [6.45, 7) is 4.32. The van der Waals surface area contributed by atoms with Crippen LogP contribution >= 0.6 is 0 Å². The molecule has 0 saturated carbocycles. The molecule has 0 fully saturated rings. The molecule has 0 atom stereocenters. The molecule has 1 aromatic carbocycles. The Morgan fingerprint density at radius 3 is 2.45 bits per heavy atom. The molecule has 22 heavy (non-hydrogen) atoms. The number of ether oxygens (including phenoxy) is 2. The summed E-state index contributed by atoms with van der Waals surface area (Å²) in [5.41, 5.74) is -1.28. The van der Waals surface area contributed by atoms with Gasteiger partial charge in [0.15, 0.2) is 0 Å². The van der Waals surface area contributed by atoms with Gasteiger partial charge in [-0.2, -0.15) is 0 Å². The second-order valence-corrected chi connectivity index (χ2v) is 5.72. The zero-order valence-electron chi connectivity index (χ0n) is 13.1. The third-order valence-corrected chi connectivity index (χ3v) is 2.68. The van der Waals surface area contributed by atoms with E-state index >= 15 is 0 Å². The normalized spacial score (nSPS) is 12.0. The molecular weight excluding hydrogens is 296 g/mol. The number of alkyl halides is 2. The largest absolute Gasteiger partial charge is 0.497 e. The van der Waals surface area contributed by atoms with Gasteiger partial charge in [0.05, 0.1) is 12.8 Å². The predicted octanol–water partition coefficient (Wildman–Crippen LogP) is 3.52. The van der Waals surface area contributed by atoms with E-state index in [0.29, 0.717) is 5.75 Å². The van der Waals surface area contributed by atoms with Crippen LogP contribution in [0.3, 0.4) is 0 Å². The smallest absolute Gasteiger partial charge is 0.412 e. The summed E-state index contributed by atoms with van der Waals surface area (Å²) in [4.78, 5) is 11.8. The van der Waals surface area contributed by atoms with Crippen molar-refractivity contribution in [2.75, 3.05) is 19.0 Å². The molecule has 0 radical (unpaired) electrons. The number of aliphatic hydroxyl groups is 1. The van der Waals surface area contributed by atoms with Gasteiger partial charge in [0.25, 0.3) is 5.92 Å². The standard InChI is InChI=1S/C15H21F2NO4/c1-14(2,3)22-13(20)18-12-9-10(21-4)5-6-11(12)15(16,17)7-8-19/h5-6,9,19H,7-8H2,1-4H3,(H,18,20). The highest BCUT2D eigenvalue weighted by Crippen LogP contribution is 2.38. The Hall–Kier alpha value is -1.89. The fraction of sp³-hybridized carbons (Fsp3) is 0.533. The highest BCUT2D eigenvalue weighted by Gasteiger charge is 2.34. The molecule has 0 bridgehead atoms. The summed E-state index contributed by atoms with van der Waals surface area (Å²) in [5.74, 6) is -2.97. The SMILES string of the molecule is COc1ccc(C(F)(F)CCO)c(NC(=O)OC(C)(C)C)c1. The van der Waals surface area contributed by atoms with E-state index in [9.17, 15) is 13.6 Å². The molecule has 1 amide bonds. The molecular formula is C15H21F2NO4. The lowest BCUT2D eigenvalue weighted by atomic mass is 10.0. The van der Waals surface area contributed by atoms with Gasteiger partial charge < -0.3 is 14.6 Å². The zero-order chi connectivity index (χ0) is 17.0. The van der Waals surface area contributed by atoms with Gasteiger partial charge in [-0.1, -0.05) is 0 Å². The number of anilines is 1. The van der Waals surface area contributed by atoms with Crippen molar-refractivity contribution in [1.82, 2.24) is 0 Å². The van der Waals surface area contributed by atoms with E-state index < -0.39 is 36.2 Å². The van der Waals surface area contributed by atoms with E-state index in [-0.39, 0.29) is 5.69 Å². The third-order valence-electron chi connectivity index (χ3n) is 2.68. The number of hydrogen-bond donors (Lipinski definition) is 2. The van der Waals surface area contributed by atoms with Crippen molar-refractivity contribution >= 4 is 11.8 Å². The van der Waals surface area contributed by atoms with Crippen LogP contribution < -0.4 is 10.1 Å². The van der Waals surface area contributed by atoms with Crippen LogP contribution in [0.25, 0.3) is 0 Å². The average Bonchev–Trinajstić information content (AvgIpc) is 2.35. The number of hydrogen-bond acceptors (Lipinski definition) is 4. The van der Waals surface area contributed by atoms with E-state index in [1.807, 2.05) is 0 Å². The van der Waals surface area contributed by atoms with Crippen molar-refractivity contribution in [3.8, 4) is 5.75 Å². The molecule has 1 rings (SSSR count). The molecule has 5 nitrogen and oxygen atoms in total. The lowest BCUT2D eigenvalue weighted by Gasteiger charge is -2.23. The maximum Gasteiger partial charge on any atom is 0.412 e. The Bertz CT molecular complexity index is 527. The van der Waals surface area contributed by atoms with Crippen molar-refractivity contribution in [2.24, 2.45) is 0 Å². The monoisotopic (exact) mass is 317 g/mol. The van der Waals surface area contributed by atoms with Gasteiger partial charge in [0.2, 0.25) is 0 Å². The summed E-state index contributed by atoms with van der Waals surface area (Å²) in [5, 5.41) is 11.1. The van der Waals surface area contributed by atoms with E-state index in [0.717, 1.165) is 6.07 Å². The molecule has 0 aliphatic carbocycles. The van der Waals surface area contributed by atoms with Crippen LogP contribution in [0.1, 0.15) is 32.8 Å². The quantitative estimate of drug-likeness (QED) is 0.872. The number of carbonyl (C=O) groups is 1. The Labute approximate surface area is 128 Å². The summed E-state index contributed by atoms with van der Waals surface area (Å²) < 4.78 is 38.1. The van der Waals surface area contributed by atoms with Crippen molar-refractivity contribution in [2.45, 2.75) is 38.7 Å². The fourth-order valence-corrected chi connectivity index (χ4v) is 1.76. The van der Waals surface area contributed by atoms with E-state index in [1.54, 1.807) is 20.8 Å². The van der Waals surface area contributed by atoms with Gasteiger partial charge >= 0.3 is 6.09 Å². The first-order chi connectivity index (χ1) is 10.1. The van der Waals surface area contributed by atoms with Gasteiger partial charge in [-0.25, -0.2) is 13.6 Å². The van der Waals surface area contributed by atoms with Crippen LogP contribution in [-0.4, -0.2) is 30.5 Å². The minimum atomic E-state index is -3.29. The minimum Gasteiger partial charge on any atom is -0.497 e. The highest BCUT2D eigenvalue weighted by atomic mass is 19.3. The number of carbonyl (C=O) groups excluding carboxylic acids is 1. The van der Waals surface area contributed by atoms with Crippen molar-refractivity contribution < 1.29 is 28.2 Å². The van der Waals surface area contributed by atoms with Crippen molar-refractivity contribution in [1.29, 1.82) is 0 Å². The summed E-state index contributed by atoms with van der Waals surface area (Å²) in [6, 6.07) is 3.80. The van der Waals surface area contributed by atoms with Crippen LogP contribution in [0.15, 0.2) is 18.2 Å². The number of methoxy groups -OCH3 is 1. The second kappa shape index (κ2) is 6.91. The molecule has 0 spiro atoms. The van der Waals surface area contributed by atoms with Gasteiger partial charge in [-0.3, -0.25) is 5.32 Å². The maximum absolute atomic E-state index is 14.0.